The Morgan fingerprint density at radius 2 is 1.95 bits per heavy atom. The van der Waals surface area contributed by atoms with Gasteiger partial charge >= 0.3 is 0 Å². The minimum Gasteiger partial charge on any atom is -0.399 e. The molecule has 0 spiro atoms. The fraction of sp³-hybridized carbons (Fsp3) is 0.188. The number of hydrogen-bond donors (Lipinski definition) is 1. The van der Waals surface area contributed by atoms with E-state index >= 15 is 0 Å². The molecular formula is C16H16N2OS2. The molecule has 1 aliphatic heterocycles. The average molecular weight is 316 g/mol. The summed E-state index contributed by atoms with van der Waals surface area (Å²) in [5, 5.41) is 0. The number of nitrogen functional groups attached to an aromatic ring is 1. The molecule has 0 radical (unpaired) electrons. The number of hydrogen-bond acceptors (Lipinski definition) is 4. The van der Waals surface area contributed by atoms with Crippen molar-refractivity contribution in [3.8, 4) is 0 Å². The zero-order valence-corrected chi connectivity index (χ0v) is 13.1. The van der Waals surface area contributed by atoms with E-state index in [-0.39, 0.29) is 5.91 Å². The SMILES string of the molecule is Nc1ccc(SCC(=O)N2CCSc3ccccc32)cc1. The zero-order chi connectivity index (χ0) is 14.7. The second kappa shape index (κ2) is 6.45. The summed E-state index contributed by atoms with van der Waals surface area (Å²) in [4.78, 5) is 16.6. The van der Waals surface area contributed by atoms with Gasteiger partial charge in [0, 0.05) is 27.8 Å². The van der Waals surface area contributed by atoms with Crippen molar-refractivity contribution in [3.05, 3.63) is 48.5 Å². The van der Waals surface area contributed by atoms with Crippen LogP contribution in [0.4, 0.5) is 11.4 Å². The molecule has 3 nitrogen and oxygen atoms in total. The normalized spacial score (nSPS) is 13.8. The minimum absolute atomic E-state index is 0.157. The maximum atomic E-state index is 12.5. The summed E-state index contributed by atoms with van der Waals surface area (Å²) in [6.07, 6.45) is 0. The van der Waals surface area contributed by atoms with Gasteiger partial charge in [-0.3, -0.25) is 4.79 Å². The molecule has 0 aliphatic carbocycles. The van der Waals surface area contributed by atoms with E-state index in [4.69, 9.17) is 5.73 Å². The summed E-state index contributed by atoms with van der Waals surface area (Å²) in [6, 6.07) is 15.7. The van der Waals surface area contributed by atoms with Crippen LogP contribution >= 0.6 is 23.5 Å². The summed E-state index contributed by atoms with van der Waals surface area (Å²) in [6.45, 7) is 0.781. The van der Waals surface area contributed by atoms with Gasteiger partial charge in [0.05, 0.1) is 11.4 Å². The van der Waals surface area contributed by atoms with E-state index in [0.29, 0.717) is 5.75 Å². The number of benzene rings is 2. The van der Waals surface area contributed by atoms with Crippen LogP contribution in [0.3, 0.4) is 0 Å². The summed E-state index contributed by atoms with van der Waals surface area (Å²) in [5.74, 6) is 1.56. The van der Waals surface area contributed by atoms with E-state index in [9.17, 15) is 4.79 Å². The Morgan fingerprint density at radius 1 is 1.19 bits per heavy atom. The number of carbonyl (C=O) groups excluding carboxylic acids is 1. The largest absolute Gasteiger partial charge is 0.399 e. The molecule has 0 unspecified atom stereocenters. The lowest BCUT2D eigenvalue weighted by Crippen LogP contribution is -2.36. The predicted molar refractivity (Wildman–Crippen MR) is 91.1 cm³/mol. The number of nitrogens with zero attached hydrogens (tertiary/aromatic N) is 1. The highest BCUT2D eigenvalue weighted by molar-refractivity contribution is 8.00. The fourth-order valence-corrected chi connectivity index (χ4v) is 3.98. The van der Waals surface area contributed by atoms with Gasteiger partial charge in [0.2, 0.25) is 5.91 Å². The molecule has 0 aromatic heterocycles. The lowest BCUT2D eigenvalue weighted by molar-refractivity contribution is -0.116. The van der Waals surface area contributed by atoms with Crippen molar-refractivity contribution in [2.45, 2.75) is 9.79 Å². The third-order valence-corrected chi connectivity index (χ3v) is 5.31. The van der Waals surface area contributed by atoms with Crippen LogP contribution in [-0.2, 0) is 4.79 Å². The van der Waals surface area contributed by atoms with Gasteiger partial charge in [-0.2, -0.15) is 0 Å². The number of thioether (sulfide) groups is 2. The molecule has 5 heteroatoms. The predicted octanol–water partition coefficient (Wildman–Crippen LogP) is 3.50. The maximum Gasteiger partial charge on any atom is 0.237 e. The van der Waals surface area contributed by atoms with Crippen molar-refractivity contribution < 1.29 is 4.79 Å². The molecule has 0 saturated heterocycles. The van der Waals surface area contributed by atoms with E-state index in [0.717, 1.165) is 28.6 Å². The molecule has 0 bridgehead atoms. The highest BCUT2D eigenvalue weighted by Gasteiger charge is 2.22. The number of para-hydroxylation sites is 1. The van der Waals surface area contributed by atoms with Crippen LogP contribution in [-0.4, -0.2) is 24.0 Å². The van der Waals surface area contributed by atoms with Gasteiger partial charge in [-0.15, -0.1) is 23.5 Å². The van der Waals surface area contributed by atoms with Crippen LogP contribution in [0.5, 0.6) is 0 Å². The lowest BCUT2D eigenvalue weighted by Gasteiger charge is -2.28. The quantitative estimate of drug-likeness (QED) is 0.695. The molecule has 2 aromatic rings. The van der Waals surface area contributed by atoms with Crippen LogP contribution in [0.15, 0.2) is 58.3 Å². The Balaban J connectivity index is 1.68. The third-order valence-electron chi connectivity index (χ3n) is 3.27. The highest BCUT2D eigenvalue weighted by Crippen LogP contribution is 2.34. The first-order valence-corrected chi connectivity index (χ1v) is 8.72. The van der Waals surface area contributed by atoms with Crippen LogP contribution in [0, 0.1) is 0 Å². The van der Waals surface area contributed by atoms with Crippen molar-refractivity contribution in [1.82, 2.24) is 0 Å². The molecule has 3 rings (SSSR count). The van der Waals surface area contributed by atoms with Crippen molar-refractivity contribution in [2.24, 2.45) is 0 Å². The summed E-state index contributed by atoms with van der Waals surface area (Å²) >= 11 is 3.36. The van der Waals surface area contributed by atoms with Crippen molar-refractivity contribution >= 4 is 40.8 Å². The molecule has 1 heterocycles. The van der Waals surface area contributed by atoms with Gasteiger partial charge in [-0.25, -0.2) is 0 Å². The molecule has 0 atom stereocenters. The second-order valence-corrected chi connectivity index (χ2v) is 6.90. The van der Waals surface area contributed by atoms with Gasteiger partial charge in [-0.05, 0) is 36.4 Å². The molecule has 1 amide bonds. The van der Waals surface area contributed by atoms with Crippen LogP contribution in [0.2, 0.25) is 0 Å². The van der Waals surface area contributed by atoms with E-state index in [1.54, 1.807) is 11.8 Å². The molecule has 0 saturated carbocycles. The van der Waals surface area contributed by atoms with Crippen molar-refractivity contribution in [1.29, 1.82) is 0 Å². The monoisotopic (exact) mass is 316 g/mol. The number of rotatable bonds is 3. The number of fused-ring (bicyclic) bond motifs is 1. The van der Waals surface area contributed by atoms with Gasteiger partial charge in [0.15, 0.2) is 0 Å². The van der Waals surface area contributed by atoms with Crippen LogP contribution in [0.25, 0.3) is 0 Å². The number of amides is 1. The first kappa shape index (κ1) is 14.4. The average Bonchev–Trinajstić information content (AvgIpc) is 2.53. The molecule has 0 fully saturated rings. The van der Waals surface area contributed by atoms with Crippen molar-refractivity contribution in [2.75, 3.05) is 28.7 Å². The Morgan fingerprint density at radius 3 is 2.76 bits per heavy atom. The zero-order valence-electron chi connectivity index (χ0n) is 11.5. The number of nitrogens with two attached hydrogens (primary N) is 1. The first-order chi connectivity index (χ1) is 10.2. The van der Waals surface area contributed by atoms with E-state index in [1.807, 2.05) is 59.1 Å². The molecule has 2 N–H and O–H groups in total. The fourth-order valence-electron chi connectivity index (χ4n) is 2.22. The van der Waals surface area contributed by atoms with E-state index in [1.165, 1.54) is 4.90 Å². The number of anilines is 2. The molecule has 2 aromatic carbocycles. The smallest absolute Gasteiger partial charge is 0.237 e. The van der Waals surface area contributed by atoms with Crippen molar-refractivity contribution in [3.63, 3.8) is 0 Å². The number of carbonyl (C=O) groups is 1. The standard InChI is InChI=1S/C16H16N2OS2/c17-12-5-7-13(8-6-12)21-11-16(19)18-9-10-20-15-4-2-1-3-14(15)18/h1-8H,9-11,17H2. The third kappa shape index (κ3) is 3.36. The van der Waals surface area contributed by atoms with Crippen LogP contribution < -0.4 is 10.6 Å². The molecule has 21 heavy (non-hydrogen) atoms. The van der Waals surface area contributed by atoms with E-state index in [2.05, 4.69) is 6.07 Å². The topological polar surface area (TPSA) is 46.3 Å². The van der Waals surface area contributed by atoms with Gasteiger partial charge in [0.1, 0.15) is 0 Å². The summed E-state index contributed by atoms with van der Waals surface area (Å²) in [7, 11) is 0. The van der Waals surface area contributed by atoms with Gasteiger partial charge in [0.25, 0.3) is 0 Å². The second-order valence-electron chi connectivity index (χ2n) is 4.72. The first-order valence-electron chi connectivity index (χ1n) is 6.74. The summed E-state index contributed by atoms with van der Waals surface area (Å²) in [5.41, 5.74) is 7.45. The lowest BCUT2D eigenvalue weighted by atomic mass is 10.3. The Kier molecular flexibility index (Phi) is 4.41. The minimum atomic E-state index is 0.157. The van der Waals surface area contributed by atoms with Gasteiger partial charge < -0.3 is 10.6 Å². The van der Waals surface area contributed by atoms with Crippen LogP contribution in [0.1, 0.15) is 0 Å². The summed E-state index contributed by atoms with van der Waals surface area (Å²) < 4.78 is 0. The highest BCUT2D eigenvalue weighted by atomic mass is 32.2. The Labute approximate surface area is 132 Å². The Bertz CT molecular complexity index is 643. The maximum absolute atomic E-state index is 12.5. The molecular weight excluding hydrogens is 300 g/mol. The Hall–Kier alpha value is -1.59. The molecule has 108 valence electrons. The van der Waals surface area contributed by atoms with E-state index < -0.39 is 0 Å². The molecule has 1 aliphatic rings. The van der Waals surface area contributed by atoms with Gasteiger partial charge in [-0.1, -0.05) is 12.1 Å².